The zero-order chi connectivity index (χ0) is 24.3. The van der Waals surface area contributed by atoms with Gasteiger partial charge in [0, 0.05) is 18.5 Å². The number of allylic oxidation sites excluding steroid dienone is 2. The molecular weight excluding hydrogens is 430 g/mol. The maximum absolute atomic E-state index is 13.3. The van der Waals surface area contributed by atoms with Crippen LogP contribution in [-0.4, -0.2) is 36.0 Å². The number of carboxylic acids is 1. The second-order valence-corrected chi connectivity index (χ2v) is 7.83. The van der Waals surface area contributed by atoms with Crippen molar-refractivity contribution in [3.8, 4) is 0 Å². The Kier molecular flexibility index (Phi) is 9.17. The number of anilines is 1. The second-order valence-electron chi connectivity index (χ2n) is 7.83. The Hall–Kier alpha value is -3.71. The average Bonchev–Trinajstić information content (AvgIpc) is 2.84. The number of rotatable bonds is 10. The topological polar surface area (TPSA) is 91.2 Å². The predicted octanol–water partition coefficient (Wildman–Crippen LogP) is 4.84. The molecule has 178 valence electrons. The van der Waals surface area contributed by atoms with E-state index in [0.29, 0.717) is 19.5 Å². The average molecular weight is 462 g/mol. The van der Waals surface area contributed by atoms with Gasteiger partial charge < -0.3 is 14.8 Å². The van der Waals surface area contributed by atoms with Gasteiger partial charge >= 0.3 is 5.97 Å². The number of carbonyl (C=O) groups is 2. The van der Waals surface area contributed by atoms with Crippen molar-refractivity contribution >= 4 is 34.9 Å². The van der Waals surface area contributed by atoms with Gasteiger partial charge in [-0.2, -0.15) is 0 Å². The molecule has 0 aromatic heterocycles. The molecule has 0 spiro atoms. The van der Waals surface area contributed by atoms with E-state index < -0.39 is 5.97 Å². The summed E-state index contributed by atoms with van der Waals surface area (Å²) in [5, 5.41) is 15.7. The molecule has 2 aromatic carbocycles. The van der Waals surface area contributed by atoms with Gasteiger partial charge in [0.2, 0.25) is 5.91 Å². The van der Waals surface area contributed by atoms with Gasteiger partial charge in [-0.3, -0.25) is 10.1 Å². The smallest absolute Gasteiger partial charge is 0.357 e. The van der Waals surface area contributed by atoms with Crippen LogP contribution < -0.4 is 10.2 Å². The molecule has 1 heterocycles. The summed E-state index contributed by atoms with van der Waals surface area (Å²) in [7, 11) is 0. The number of carboxylic acid groups (broad SMARTS) is 1. The summed E-state index contributed by atoms with van der Waals surface area (Å²) >= 11 is 0. The molecule has 0 radical (unpaired) electrons. The van der Waals surface area contributed by atoms with Crippen LogP contribution in [0.3, 0.4) is 0 Å². The molecule has 0 atom stereocenters. The molecule has 2 N–H and O–H groups in total. The van der Waals surface area contributed by atoms with Gasteiger partial charge in [-0.25, -0.2) is 4.79 Å². The van der Waals surface area contributed by atoms with Crippen LogP contribution in [-0.2, 0) is 21.0 Å². The molecule has 2 aromatic rings. The van der Waals surface area contributed by atoms with Crippen LogP contribution in [0.15, 0.2) is 65.8 Å². The van der Waals surface area contributed by atoms with Gasteiger partial charge in [-0.1, -0.05) is 73.6 Å². The highest BCUT2D eigenvalue weighted by molar-refractivity contribution is 6.40. The minimum atomic E-state index is -1.16. The highest BCUT2D eigenvalue weighted by atomic mass is 16.6. The summed E-state index contributed by atoms with van der Waals surface area (Å²) in [5.41, 5.74) is 5.22. The molecule has 0 fully saturated rings. The Balaban J connectivity index is 1.68. The third kappa shape index (κ3) is 6.42. The second kappa shape index (κ2) is 12.5. The van der Waals surface area contributed by atoms with Crippen molar-refractivity contribution in [2.24, 2.45) is 5.16 Å². The Morgan fingerprint density at radius 1 is 1.15 bits per heavy atom. The molecule has 1 aliphatic rings. The van der Waals surface area contributed by atoms with Gasteiger partial charge in [0.1, 0.15) is 0 Å². The third-order valence-electron chi connectivity index (χ3n) is 5.51. The molecule has 1 aliphatic heterocycles. The van der Waals surface area contributed by atoms with E-state index in [0.717, 1.165) is 28.8 Å². The van der Waals surface area contributed by atoms with Crippen molar-refractivity contribution in [1.82, 2.24) is 5.32 Å². The molecule has 1 amide bonds. The molecule has 0 saturated carbocycles. The molecule has 0 unspecified atom stereocenters. The standard InChI is InChI=1S/C27H31N3O4/c1-3-5-13-24(27(32)33)29-34-19-28-16-15-26(31)30-18-22-11-7-6-10-21(22)17-20(4-2)23-12-8-9-14-25(23)30/h5-14,17,28H,3-4,15-16,18-19H2,1-2H3,(H,32,33)/b13-5-,20-17-,29-24+. The number of carbonyl (C=O) groups excluding carboxylic acids is 1. The van der Waals surface area contributed by atoms with Crippen molar-refractivity contribution in [2.45, 2.75) is 39.7 Å². The third-order valence-corrected chi connectivity index (χ3v) is 5.51. The minimum absolute atomic E-state index is 0.00612. The van der Waals surface area contributed by atoms with Crippen molar-refractivity contribution in [2.75, 3.05) is 18.2 Å². The summed E-state index contributed by atoms with van der Waals surface area (Å²) in [6, 6.07) is 16.2. The fourth-order valence-corrected chi connectivity index (χ4v) is 3.76. The molecule has 0 aliphatic carbocycles. The fraction of sp³-hybridized carbons (Fsp3) is 0.296. The zero-order valence-electron chi connectivity index (χ0n) is 19.7. The summed E-state index contributed by atoms with van der Waals surface area (Å²) < 4.78 is 0. The quantitative estimate of drug-likeness (QED) is 0.229. The molecule has 0 bridgehead atoms. The number of benzene rings is 2. The van der Waals surface area contributed by atoms with Crippen LogP contribution in [0.25, 0.3) is 11.6 Å². The SMILES string of the molecule is CC/C=C\C(=N/OCNCCC(=O)N1Cc2ccccc2/C=C(/CC)c2ccccc21)C(=O)O. The van der Waals surface area contributed by atoms with Gasteiger partial charge in [-0.15, -0.1) is 0 Å². The minimum Gasteiger partial charge on any atom is -0.476 e. The van der Waals surface area contributed by atoms with Gasteiger partial charge in [0.25, 0.3) is 0 Å². The number of hydrogen-bond donors (Lipinski definition) is 2. The maximum Gasteiger partial charge on any atom is 0.357 e. The lowest BCUT2D eigenvalue weighted by molar-refractivity contribution is -0.129. The van der Waals surface area contributed by atoms with E-state index in [1.165, 1.54) is 11.6 Å². The number of para-hydroxylation sites is 1. The Labute approximate surface area is 200 Å². The number of hydrogen-bond acceptors (Lipinski definition) is 5. The van der Waals surface area contributed by atoms with Gasteiger partial charge in [0.05, 0.1) is 12.2 Å². The van der Waals surface area contributed by atoms with E-state index in [2.05, 4.69) is 41.7 Å². The van der Waals surface area contributed by atoms with Crippen LogP contribution in [0, 0.1) is 0 Å². The van der Waals surface area contributed by atoms with Crippen molar-refractivity contribution < 1.29 is 19.5 Å². The van der Waals surface area contributed by atoms with Crippen LogP contribution >= 0.6 is 0 Å². The first-order valence-electron chi connectivity index (χ1n) is 11.5. The number of amides is 1. The summed E-state index contributed by atoms with van der Waals surface area (Å²) in [6.07, 6.45) is 7.14. The maximum atomic E-state index is 13.3. The van der Waals surface area contributed by atoms with Crippen LogP contribution in [0.1, 0.15) is 49.8 Å². The normalized spacial score (nSPS) is 15.1. The zero-order valence-corrected chi connectivity index (χ0v) is 19.7. The van der Waals surface area contributed by atoms with Gasteiger partial charge in [-0.05, 0) is 41.7 Å². The molecule has 3 rings (SSSR count). The van der Waals surface area contributed by atoms with E-state index >= 15 is 0 Å². The number of nitrogens with one attached hydrogen (secondary N) is 1. The van der Waals surface area contributed by atoms with E-state index in [9.17, 15) is 9.59 Å². The van der Waals surface area contributed by atoms with E-state index in [1.807, 2.05) is 42.2 Å². The number of oxime groups is 1. The Morgan fingerprint density at radius 2 is 1.91 bits per heavy atom. The summed E-state index contributed by atoms with van der Waals surface area (Å²) in [5.74, 6) is -1.16. The summed E-state index contributed by atoms with van der Waals surface area (Å²) in [6.45, 7) is 4.90. The van der Waals surface area contributed by atoms with E-state index in [-0.39, 0.29) is 24.8 Å². The number of aliphatic carboxylic acids is 1. The summed E-state index contributed by atoms with van der Waals surface area (Å²) in [4.78, 5) is 31.3. The Bertz CT molecular complexity index is 1100. The number of fused-ring (bicyclic) bond motifs is 2. The monoisotopic (exact) mass is 461 g/mol. The van der Waals surface area contributed by atoms with Crippen LogP contribution in [0.2, 0.25) is 0 Å². The highest BCUT2D eigenvalue weighted by Gasteiger charge is 2.22. The van der Waals surface area contributed by atoms with E-state index in [1.54, 1.807) is 6.08 Å². The van der Waals surface area contributed by atoms with Crippen molar-refractivity contribution in [1.29, 1.82) is 0 Å². The molecule has 7 heteroatoms. The lowest BCUT2D eigenvalue weighted by Crippen LogP contribution is -2.34. The van der Waals surface area contributed by atoms with E-state index in [4.69, 9.17) is 9.94 Å². The van der Waals surface area contributed by atoms with Crippen molar-refractivity contribution in [3.63, 3.8) is 0 Å². The van der Waals surface area contributed by atoms with Crippen LogP contribution in [0.5, 0.6) is 0 Å². The molecule has 0 saturated heterocycles. The van der Waals surface area contributed by atoms with Crippen LogP contribution in [0.4, 0.5) is 5.69 Å². The fourth-order valence-electron chi connectivity index (χ4n) is 3.76. The molecular formula is C27H31N3O4. The predicted molar refractivity (Wildman–Crippen MR) is 135 cm³/mol. The number of nitrogens with zero attached hydrogens (tertiary/aromatic N) is 2. The lowest BCUT2D eigenvalue weighted by Gasteiger charge is -2.29. The molecule has 7 nitrogen and oxygen atoms in total. The largest absolute Gasteiger partial charge is 0.476 e. The van der Waals surface area contributed by atoms with Crippen molar-refractivity contribution in [3.05, 3.63) is 77.4 Å². The lowest BCUT2D eigenvalue weighted by atomic mass is 9.93. The van der Waals surface area contributed by atoms with Gasteiger partial charge in [0.15, 0.2) is 12.4 Å². The highest BCUT2D eigenvalue weighted by Crippen LogP contribution is 2.35. The Morgan fingerprint density at radius 3 is 2.68 bits per heavy atom. The first kappa shape index (κ1) is 24.9. The first-order valence-corrected chi connectivity index (χ1v) is 11.5. The first-order chi connectivity index (χ1) is 16.5. The molecule has 34 heavy (non-hydrogen) atoms.